The Balaban J connectivity index is 1.06. The minimum atomic E-state index is 0.101. The SMILES string of the molecule is CC1CC(N(c2ccc(-c3ccccc3)cc2)c2ccc(-c3ccccc3)cc2-c2ccccc2)=CC=C1c1cc2c(oc3ccccc32)c2c1C1C=CC=CC1N2c1cc#ccc1. The molecule has 0 amide bonds. The largest absolute Gasteiger partial charge is 0.454 e. The van der Waals surface area contributed by atoms with Gasteiger partial charge in [-0.15, -0.1) is 0 Å². The topological polar surface area (TPSA) is 19.6 Å². The molecule has 304 valence electrons. The van der Waals surface area contributed by atoms with Gasteiger partial charge in [0.15, 0.2) is 5.58 Å². The van der Waals surface area contributed by atoms with Crippen LogP contribution in [0.5, 0.6) is 0 Å². The minimum Gasteiger partial charge on any atom is -0.454 e. The second-order valence-corrected chi connectivity index (χ2v) is 17.1. The maximum absolute atomic E-state index is 6.84. The summed E-state index contributed by atoms with van der Waals surface area (Å²) in [6.07, 6.45) is 14.7. The standard InChI is InChI=1S/C61H44N2O/c1-41-38-49(35-36-50(41)54-40-55-51-26-15-17-29-58(51)64-61(55)60-59(54)52-27-14-16-28-56(52)63(60)47-24-12-5-13-25-47)62(48-33-30-44(31-34-48)42-18-6-2-7-19-42)57-37-32-46(43-20-8-3-9-21-43)39-53(57)45-22-10-4-11-23-45/h2-4,6-12,14-37,39-41,52,56H,38H2,1H3. The summed E-state index contributed by atoms with van der Waals surface area (Å²) in [7, 11) is 0. The van der Waals surface area contributed by atoms with Crippen molar-refractivity contribution in [1.29, 1.82) is 0 Å². The van der Waals surface area contributed by atoms with Gasteiger partial charge in [-0.1, -0.05) is 177 Å². The molecular weight excluding hydrogens is 777 g/mol. The van der Waals surface area contributed by atoms with E-state index < -0.39 is 0 Å². The number of fused-ring (bicyclic) bond motifs is 7. The van der Waals surface area contributed by atoms with Gasteiger partial charge in [0.2, 0.25) is 0 Å². The van der Waals surface area contributed by atoms with Gasteiger partial charge in [0.1, 0.15) is 5.58 Å². The van der Waals surface area contributed by atoms with Crippen molar-refractivity contribution in [3.05, 3.63) is 247 Å². The summed E-state index contributed by atoms with van der Waals surface area (Å²) in [4.78, 5) is 4.97. The van der Waals surface area contributed by atoms with Gasteiger partial charge in [0.05, 0.1) is 23.1 Å². The molecule has 2 heterocycles. The van der Waals surface area contributed by atoms with Crippen molar-refractivity contribution in [2.24, 2.45) is 5.92 Å². The number of para-hydroxylation sites is 1. The number of nitrogens with zero attached hydrogens (tertiary/aromatic N) is 2. The summed E-state index contributed by atoms with van der Waals surface area (Å²) in [5.74, 6) is 0.344. The summed E-state index contributed by atoms with van der Waals surface area (Å²) in [6.45, 7) is 2.40. The molecule has 3 nitrogen and oxygen atoms in total. The Labute approximate surface area is 374 Å². The van der Waals surface area contributed by atoms with E-state index in [0.717, 1.165) is 51.1 Å². The van der Waals surface area contributed by atoms with Crippen molar-refractivity contribution in [2.45, 2.75) is 25.3 Å². The van der Waals surface area contributed by atoms with Crippen LogP contribution in [-0.4, -0.2) is 6.04 Å². The number of hydrogen-bond donors (Lipinski definition) is 0. The molecule has 2 aliphatic carbocycles. The third kappa shape index (κ3) is 6.38. The maximum atomic E-state index is 6.84. The van der Waals surface area contributed by atoms with Gasteiger partial charge in [-0.05, 0) is 111 Å². The highest BCUT2D eigenvalue weighted by Gasteiger charge is 2.43. The Morgan fingerprint density at radius 3 is 2.00 bits per heavy atom. The van der Waals surface area contributed by atoms with Gasteiger partial charge in [0.25, 0.3) is 0 Å². The van der Waals surface area contributed by atoms with Crippen LogP contribution in [0.25, 0.3) is 60.9 Å². The Morgan fingerprint density at radius 2 is 1.27 bits per heavy atom. The van der Waals surface area contributed by atoms with Crippen molar-refractivity contribution < 1.29 is 4.42 Å². The molecule has 8 aromatic carbocycles. The van der Waals surface area contributed by atoms with Crippen LogP contribution in [0.1, 0.15) is 30.4 Å². The molecule has 0 radical (unpaired) electrons. The number of allylic oxidation sites excluding steroid dienone is 6. The minimum absolute atomic E-state index is 0.101. The number of rotatable bonds is 8. The molecule has 9 aromatic rings. The molecule has 0 spiro atoms. The first-order valence-corrected chi connectivity index (χ1v) is 22.3. The van der Waals surface area contributed by atoms with Crippen molar-refractivity contribution in [2.75, 3.05) is 9.80 Å². The predicted molar refractivity (Wildman–Crippen MR) is 266 cm³/mol. The molecule has 64 heavy (non-hydrogen) atoms. The quantitative estimate of drug-likeness (QED) is 0.152. The van der Waals surface area contributed by atoms with Crippen LogP contribution >= 0.6 is 0 Å². The normalized spacial score (nSPS) is 17.5. The van der Waals surface area contributed by atoms with Gasteiger partial charge in [-0.3, -0.25) is 0 Å². The van der Waals surface area contributed by atoms with E-state index in [0.29, 0.717) is 0 Å². The molecule has 1 aliphatic heterocycles. The molecule has 0 N–H and O–H groups in total. The van der Waals surface area contributed by atoms with Crippen LogP contribution in [0, 0.1) is 18.1 Å². The number of benzene rings is 7. The predicted octanol–water partition coefficient (Wildman–Crippen LogP) is 16.1. The van der Waals surface area contributed by atoms with Crippen molar-refractivity contribution in [3.8, 4) is 33.4 Å². The van der Waals surface area contributed by atoms with Crippen molar-refractivity contribution in [1.82, 2.24) is 0 Å². The fraction of sp³-hybridized carbons (Fsp3) is 0.0820. The maximum Gasteiger partial charge on any atom is 0.159 e. The summed E-state index contributed by atoms with van der Waals surface area (Å²) in [5.41, 5.74) is 18.7. The van der Waals surface area contributed by atoms with E-state index in [1.165, 1.54) is 55.8 Å². The number of anilines is 4. The van der Waals surface area contributed by atoms with Gasteiger partial charge in [0, 0.05) is 39.7 Å². The van der Waals surface area contributed by atoms with Gasteiger partial charge in [-0.25, -0.2) is 0 Å². The van der Waals surface area contributed by atoms with Crippen LogP contribution in [0.2, 0.25) is 0 Å². The number of furan rings is 1. The Morgan fingerprint density at radius 1 is 0.594 bits per heavy atom. The van der Waals surface area contributed by atoms with E-state index in [1.807, 2.05) is 12.1 Å². The zero-order chi connectivity index (χ0) is 42.6. The summed E-state index contributed by atoms with van der Waals surface area (Å²) >= 11 is 0. The second-order valence-electron chi connectivity index (χ2n) is 17.1. The highest BCUT2D eigenvalue weighted by molar-refractivity contribution is 6.13. The van der Waals surface area contributed by atoms with Crippen molar-refractivity contribution >= 4 is 50.3 Å². The molecule has 3 atom stereocenters. The monoisotopic (exact) mass is 820 g/mol. The summed E-state index contributed by atoms with van der Waals surface area (Å²) < 4.78 is 6.84. The fourth-order valence-corrected chi connectivity index (χ4v) is 10.4. The molecule has 0 fully saturated rings. The number of hydrogen-bond acceptors (Lipinski definition) is 3. The van der Waals surface area contributed by atoms with E-state index in [2.05, 4.69) is 235 Å². The van der Waals surface area contributed by atoms with Gasteiger partial charge < -0.3 is 14.2 Å². The second kappa shape index (κ2) is 15.7. The van der Waals surface area contributed by atoms with E-state index in [9.17, 15) is 0 Å². The molecule has 3 aliphatic rings. The van der Waals surface area contributed by atoms with E-state index in [-0.39, 0.29) is 17.9 Å². The Bertz CT molecular complexity index is 3310. The van der Waals surface area contributed by atoms with Crippen LogP contribution in [0.15, 0.2) is 229 Å². The summed E-state index contributed by atoms with van der Waals surface area (Å²) in [6, 6.07) is 71.7. The zero-order valence-electron chi connectivity index (χ0n) is 35.5. The Hall–Kier alpha value is -8.06. The van der Waals surface area contributed by atoms with Gasteiger partial charge in [-0.2, -0.15) is 0 Å². The van der Waals surface area contributed by atoms with E-state index in [4.69, 9.17) is 4.42 Å². The smallest absolute Gasteiger partial charge is 0.159 e. The molecular formula is C61H44N2O. The fourth-order valence-electron chi connectivity index (χ4n) is 10.4. The van der Waals surface area contributed by atoms with Crippen LogP contribution in [0.4, 0.5) is 22.7 Å². The molecule has 0 saturated heterocycles. The molecule has 3 unspecified atom stereocenters. The lowest BCUT2D eigenvalue weighted by molar-refractivity contribution is 0.667. The third-order valence-electron chi connectivity index (χ3n) is 13.3. The van der Waals surface area contributed by atoms with Crippen LogP contribution in [-0.2, 0) is 0 Å². The first kappa shape index (κ1) is 37.7. The third-order valence-corrected chi connectivity index (χ3v) is 13.3. The lowest BCUT2D eigenvalue weighted by Gasteiger charge is -2.34. The molecule has 0 saturated carbocycles. The first-order chi connectivity index (χ1) is 31.7. The first-order valence-electron chi connectivity index (χ1n) is 22.3. The molecule has 12 rings (SSSR count). The zero-order valence-corrected chi connectivity index (χ0v) is 35.5. The average molecular weight is 821 g/mol. The average Bonchev–Trinajstić information content (AvgIpc) is 3.92. The molecule has 0 bridgehead atoms. The Kier molecular flexibility index (Phi) is 9.24. The van der Waals surface area contributed by atoms with Gasteiger partial charge >= 0.3 is 0 Å². The lowest BCUT2D eigenvalue weighted by Crippen LogP contribution is -2.28. The van der Waals surface area contributed by atoms with Crippen LogP contribution < -0.4 is 9.80 Å². The highest BCUT2D eigenvalue weighted by Crippen LogP contribution is 2.56. The molecule has 1 aromatic heterocycles. The molecule has 3 heteroatoms. The highest BCUT2D eigenvalue weighted by atomic mass is 16.3. The lowest BCUT2D eigenvalue weighted by atomic mass is 9.79. The van der Waals surface area contributed by atoms with E-state index in [1.54, 1.807) is 0 Å². The summed E-state index contributed by atoms with van der Waals surface area (Å²) in [5, 5.41) is 2.27. The van der Waals surface area contributed by atoms with Crippen molar-refractivity contribution in [3.63, 3.8) is 0 Å². The van der Waals surface area contributed by atoms with Crippen LogP contribution in [0.3, 0.4) is 0 Å². The van der Waals surface area contributed by atoms with E-state index >= 15 is 0 Å².